The second-order valence-electron chi connectivity index (χ2n) is 4.90. The van der Waals surface area contributed by atoms with E-state index in [-0.39, 0.29) is 0 Å². The van der Waals surface area contributed by atoms with Crippen molar-refractivity contribution in [3.63, 3.8) is 0 Å². The third-order valence-corrected chi connectivity index (χ3v) is 4.06. The molecule has 0 amide bonds. The van der Waals surface area contributed by atoms with E-state index in [0.29, 0.717) is 11.3 Å². The van der Waals surface area contributed by atoms with Crippen LogP contribution in [0.25, 0.3) is 0 Å². The van der Waals surface area contributed by atoms with Gasteiger partial charge in [-0.1, -0.05) is 34.6 Å². The van der Waals surface area contributed by atoms with Gasteiger partial charge in [0.25, 0.3) is 0 Å². The van der Waals surface area contributed by atoms with Gasteiger partial charge in [-0.25, -0.2) is 0 Å². The van der Waals surface area contributed by atoms with Crippen LogP contribution in [0.1, 0.15) is 71.2 Å². The Bertz CT molecular complexity index is 294. The molecule has 1 heterocycles. The molecule has 0 unspecified atom stereocenters. The fourth-order valence-corrected chi connectivity index (χ4v) is 1.90. The van der Waals surface area contributed by atoms with Crippen molar-refractivity contribution in [3.05, 3.63) is 23.5 Å². The average molecular weight is 207 g/mol. The summed E-state index contributed by atoms with van der Waals surface area (Å²) in [5.41, 5.74) is 3.12. The Balaban J connectivity index is 2.92. The molecule has 0 saturated carbocycles. The second kappa shape index (κ2) is 4.87. The standard InChI is InChI=1S/C14H25N/c1-6-11(4)12-9-10-13(15-12)14(5,7-2)8-3/h9-11,15H,6-8H2,1-5H3/t11-/m1/s1. The molecule has 0 aliphatic carbocycles. The number of aromatic amines is 1. The summed E-state index contributed by atoms with van der Waals surface area (Å²) in [4.78, 5) is 3.61. The summed E-state index contributed by atoms with van der Waals surface area (Å²) in [6.07, 6.45) is 3.60. The summed E-state index contributed by atoms with van der Waals surface area (Å²) in [6.45, 7) is 11.4. The Labute approximate surface area is 94.3 Å². The first-order chi connectivity index (χ1) is 7.07. The van der Waals surface area contributed by atoms with Crippen LogP contribution in [0.4, 0.5) is 0 Å². The van der Waals surface area contributed by atoms with Crippen molar-refractivity contribution in [1.29, 1.82) is 0 Å². The minimum atomic E-state index is 0.325. The first-order valence-electron chi connectivity index (χ1n) is 6.26. The molecule has 1 atom stereocenters. The Morgan fingerprint density at radius 2 is 1.80 bits per heavy atom. The predicted octanol–water partition coefficient (Wildman–Crippen LogP) is 4.61. The molecule has 1 rings (SSSR count). The van der Waals surface area contributed by atoms with Crippen LogP contribution in [0.5, 0.6) is 0 Å². The maximum absolute atomic E-state index is 3.61. The van der Waals surface area contributed by atoms with Gasteiger partial charge in [0.1, 0.15) is 0 Å². The van der Waals surface area contributed by atoms with Crippen molar-refractivity contribution in [2.75, 3.05) is 0 Å². The minimum Gasteiger partial charge on any atom is -0.362 e. The van der Waals surface area contributed by atoms with E-state index in [9.17, 15) is 0 Å². The highest BCUT2D eigenvalue weighted by Gasteiger charge is 2.24. The van der Waals surface area contributed by atoms with Crippen molar-refractivity contribution in [1.82, 2.24) is 4.98 Å². The molecule has 0 radical (unpaired) electrons. The zero-order valence-corrected chi connectivity index (χ0v) is 10.9. The summed E-state index contributed by atoms with van der Waals surface area (Å²) < 4.78 is 0. The lowest BCUT2D eigenvalue weighted by molar-refractivity contribution is 0.426. The molecule has 86 valence electrons. The molecule has 1 aromatic heterocycles. The highest BCUT2D eigenvalue weighted by molar-refractivity contribution is 5.22. The van der Waals surface area contributed by atoms with E-state index in [1.165, 1.54) is 30.7 Å². The van der Waals surface area contributed by atoms with Crippen LogP contribution >= 0.6 is 0 Å². The maximum atomic E-state index is 3.61. The smallest absolute Gasteiger partial charge is 0.0209 e. The molecule has 0 aliphatic heterocycles. The van der Waals surface area contributed by atoms with Gasteiger partial charge in [-0.05, 0) is 37.3 Å². The Morgan fingerprint density at radius 3 is 2.27 bits per heavy atom. The van der Waals surface area contributed by atoms with Gasteiger partial charge in [-0.3, -0.25) is 0 Å². The van der Waals surface area contributed by atoms with Crippen molar-refractivity contribution in [3.8, 4) is 0 Å². The third-order valence-electron chi connectivity index (χ3n) is 4.06. The Hall–Kier alpha value is -0.720. The average Bonchev–Trinajstić information content (AvgIpc) is 2.76. The van der Waals surface area contributed by atoms with E-state index in [0.717, 1.165) is 0 Å². The highest BCUT2D eigenvalue weighted by atomic mass is 14.8. The van der Waals surface area contributed by atoms with Crippen molar-refractivity contribution < 1.29 is 0 Å². The van der Waals surface area contributed by atoms with E-state index in [4.69, 9.17) is 0 Å². The quantitative estimate of drug-likeness (QED) is 0.726. The van der Waals surface area contributed by atoms with Crippen LogP contribution in [0.2, 0.25) is 0 Å². The number of hydrogen-bond acceptors (Lipinski definition) is 0. The highest BCUT2D eigenvalue weighted by Crippen LogP contribution is 2.31. The zero-order valence-electron chi connectivity index (χ0n) is 10.9. The van der Waals surface area contributed by atoms with Gasteiger partial charge in [0, 0.05) is 16.8 Å². The number of H-pyrrole nitrogens is 1. The predicted molar refractivity (Wildman–Crippen MR) is 67.4 cm³/mol. The SMILES string of the molecule is CC[C@@H](C)c1ccc(C(C)(CC)CC)[nH]1. The molecule has 0 spiro atoms. The van der Waals surface area contributed by atoms with Crippen LogP contribution in [0, 0.1) is 0 Å². The lowest BCUT2D eigenvalue weighted by Crippen LogP contribution is -2.20. The third kappa shape index (κ3) is 2.45. The second-order valence-corrected chi connectivity index (χ2v) is 4.90. The van der Waals surface area contributed by atoms with Gasteiger partial charge in [0.2, 0.25) is 0 Å². The maximum Gasteiger partial charge on any atom is 0.0209 e. The minimum absolute atomic E-state index is 0.325. The Kier molecular flexibility index (Phi) is 4.01. The molecule has 0 fully saturated rings. The van der Waals surface area contributed by atoms with Gasteiger partial charge in [-0.15, -0.1) is 0 Å². The summed E-state index contributed by atoms with van der Waals surface area (Å²) >= 11 is 0. The van der Waals surface area contributed by atoms with E-state index >= 15 is 0 Å². The van der Waals surface area contributed by atoms with Gasteiger partial charge < -0.3 is 4.98 Å². The molecule has 0 aromatic carbocycles. The number of rotatable bonds is 5. The van der Waals surface area contributed by atoms with Crippen LogP contribution < -0.4 is 0 Å². The molecule has 0 bridgehead atoms. The van der Waals surface area contributed by atoms with Gasteiger partial charge in [-0.2, -0.15) is 0 Å². The fourth-order valence-electron chi connectivity index (χ4n) is 1.90. The number of hydrogen-bond donors (Lipinski definition) is 1. The lowest BCUT2D eigenvalue weighted by Gasteiger charge is -2.25. The largest absolute Gasteiger partial charge is 0.362 e. The van der Waals surface area contributed by atoms with Crippen LogP contribution in [-0.4, -0.2) is 4.98 Å². The first kappa shape index (κ1) is 12.4. The summed E-state index contributed by atoms with van der Waals surface area (Å²) in [6, 6.07) is 4.53. The van der Waals surface area contributed by atoms with E-state index in [2.05, 4.69) is 51.7 Å². The topological polar surface area (TPSA) is 15.8 Å². The van der Waals surface area contributed by atoms with Gasteiger partial charge >= 0.3 is 0 Å². The normalized spacial score (nSPS) is 14.2. The Morgan fingerprint density at radius 1 is 1.20 bits per heavy atom. The zero-order chi connectivity index (χ0) is 11.5. The van der Waals surface area contributed by atoms with Crippen LogP contribution in [0.3, 0.4) is 0 Å². The molecule has 15 heavy (non-hydrogen) atoms. The van der Waals surface area contributed by atoms with E-state index in [1.807, 2.05) is 0 Å². The van der Waals surface area contributed by atoms with E-state index < -0.39 is 0 Å². The summed E-state index contributed by atoms with van der Waals surface area (Å²) in [7, 11) is 0. The van der Waals surface area contributed by atoms with E-state index in [1.54, 1.807) is 0 Å². The summed E-state index contributed by atoms with van der Waals surface area (Å²) in [5, 5.41) is 0. The molecule has 1 nitrogen and oxygen atoms in total. The molecule has 1 aromatic rings. The molecule has 1 heteroatoms. The van der Waals surface area contributed by atoms with Crippen molar-refractivity contribution in [2.24, 2.45) is 0 Å². The van der Waals surface area contributed by atoms with Gasteiger partial charge in [0.15, 0.2) is 0 Å². The van der Waals surface area contributed by atoms with Crippen LogP contribution in [0.15, 0.2) is 12.1 Å². The molecule has 0 aliphatic rings. The molecule has 1 N–H and O–H groups in total. The number of nitrogens with one attached hydrogen (secondary N) is 1. The monoisotopic (exact) mass is 207 g/mol. The fraction of sp³-hybridized carbons (Fsp3) is 0.714. The molecule has 0 saturated heterocycles. The summed E-state index contributed by atoms with van der Waals surface area (Å²) in [5.74, 6) is 0.650. The lowest BCUT2D eigenvalue weighted by atomic mass is 9.82. The van der Waals surface area contributed by atoms with Gasteiger partial charge in [0.05, 0.1) is 0 Å². The molecular formula is C14H25N. The first-order valence-corrected chi connectivity index (χ1v) is 6.26. The van der Waals surface area contributed by atoms with Crippen molar-refractivity contribution in [2.45, 2.75) is 65.2 Å². The van der Waals surface area contributed by atoms with Crippen LogP contribution in [-0.2, 0) is 5.41 Å². The van der Waals surface area contributed by atoms with Crippen molar-refractivity contribution >= 4 is 0 Å². The number of aromatic nitrogens is 1. The molecular weight excluding hydrogens is 182 g/mol.